The molecule has 4 heteroatoms. The normalized spacial score (nSPS) is 5.86. The standard InChI is InChI=1S/C2H6O2.CH3.Co.O/c1-2(3)4;;;/h2-4H,1H3;1H3;;/q;-1;;. The Balaban J connectivity index is -0.0000000480. The van der Waals surface area contributed by atoms with Gasteiger partial charge in [-0.25, -0.2) is 0 Å². The van der Waals surface area contributed by atoms with Gasteiger partial charge in [0.15, 0.2) is 0 Å². The first kappa shape index (κ1) is 15.7. The summed E-state index contributed by atoms with van der Waals surface area (Å²) in [5.41, 5.74) is 0. The van der Waals surface area contributed by atoms with Crippen LogP contribution in [-0.2, 0) is 19.5 Å². The van der Waals surface area contributed by atoms with Crippen molar-refractivity contribution in [3.63, 3.8) is 0 Å². The summed E-state index contributed by atoms with van der Waals surface area (Å²) in [5, 5.41) is 15.2. The fraction of sp³-hybridized carbons (Fsp3) is 0.667. The fourth-order valence-corrected chi connectivity index (χ4v) is 0. The molecule has 0 aromatic heterocycles. The van der Waals surface area contributed by atoms with Crippen molar-refractivity contribution in [2.45, 2.75) is 13.2 Å². The van der Waals surface area contributed by atoms with Gasteiger partial charge in [0.05, 0.1) is 0 Å². The molecule has 0 aromatic carbocycles. The molecule has 0 saturated heterocycles. The molecule has 0 bridgehead atoms. The summed E-state index contributed by atoms with van der Waals surface area (Å²) in [4.78, 5) is 0. The van der Waals surface area contributed by atoms with Gasteiger partial charge in [0.1, 0.15) is 6.29 Å². The van der Waals surface area contributed by atoms with Crippen LogP contribution >= 0.6 is 0 Å². The first-order valence-electron chi connectivity index (χ1n) is 1.23. The molecule has 0 radical (unpaired) electrons. The molecule has 0 heterocycles. The molecule has 0 rings (SSSR count). The monoisotopic (exact) mass is 152 g/mol. The van der Waals surface area contributed by atoms with Crippen LogP contribution in [0.4, 0.5) is 0 Å². The van der Waals surface area contributed by atoms with E-state index in [1.807, 2.05) is 0 Å². The molecule has 0 spiro atoms. The van der Waals surface area contributed by atoms with Crippen molar-refractivity contribution >= 4 is 0 Å². The molecule has 3 nitrogen and oxygen atoms in total. The van der Waals surface area contributed by atoms with Gasteiger partial charge in [-0.1, -0.05) is 0 Å². The van der Waals surface area contributed by atoms with E-state index >= 15 is 0 Å². The van der Waals surface area contributed by atoms with Crippen molar-refractivity contribution in [3.05, 3.63) is 7.43 Å². The predicted octanol–water partition coefficient (Wildman–Crippen LogP) is -0.354. The summed E-state index contributed by atoms with van der Waals surface area (Å²) in [6.45, 7) is 1.28. The SMILES string of the molecule is CC(O)O.[CH3-].[O]=[Co]. The minimum absolute atomic E-state index is 0. The zero-order valence-corrected chi connectivity index (χ0v) is 5.25. The maximum absolute atomic E-state index is 7.94. The molecule has 0 amide bonds. The van der Waals surface area contributed by atoms with Crippen molar-refractivity contribution in [2.75, 3.05) is 0 Å². The third-order valence-corrected chi connectivity index (χ3v) is 0. The molecule has 7 heavy (non-hydrogen) atoms. The van der Waals surface area contributed by atoms with Crippen LogP contribution in [0.25, 0.3) is 0 Å². The minimum atomic E-state index is -1.17. The zero-order chi connectivity index (χ0) is 5.58. The van der Waals surface area contributed by atoms with Gasteiger partial charge in [0.25, 0.3) is 0 Å². The molecule has 0 aliphatic heterocycles. The Morgan fingerprint density at radius 1 is 1.43 bits per heavy atom. The molecule has 0 saturated carbocycles. The topological polar surface area (TPSA) is 57.5 Å². The summed E-state index contributed by atoms with van der Waals surface area (Å²) < 4.78 is 7.94. The van der Waals surface area contributed by atoms with Crippen LogP contribution < -0.4 is 0 Å². The maximum atomic E-state index is 7.94. The quantitative estimate of drug-likeness (QED) is 0.368. The molecule has 2 N–H and O–H groups in total. The Bertz CT molecular complexity index is 21.4. The van der Waals surface area contributed by atoms with Crippen molar-refractivity contribution < 1.29 is 29.7 Å². The number of rotatable bonds is 0. The van der Waals surface area contributed by atoms with E-state index in [0.29, 0.717) is 0 Å². The fourth-order valence-electron chi connectivity index (χ4n) is 0. The van der Waals surface area contributed by atoms with E-state index in [1.165, 1.54) is 6.92 Å². The summed E-state index contributed by atoms with van der Waals surface area (Å²) in [5.74, 6) is 0. The van der Waals surface area contributed by atoms with E-state index in [9.17, 15) is 0 Å². The van der Waals surface area contributed by atoms with E-state index in [2.05, 4.69) is 15.7 Å². The van der Waals surface area contributed by atoms with Crippen molar-refractivity contribution in [2.24, 2.45) is 0 Å². The van der Waals surface area contributed by atoms with Crippen LogP contribution in [0.15, 0.2) is 0 Å². The van der Waals surface area contributed by atoms with Crippen LogP contribution in [0.5, 0.6) is 0 Å². The van der Waals surface area contributed by atoms with Gasteiger partial charge in [0, 0.05) is 0 Å². The molecule has 0 aromatic rings. The van der Waals surface area contributed by atoms with E-state index in [0.717, 1.165) is 0 Å². The summed E-state index contributed by atoms with van der Waals surface area (Å²) in [6, 6.07) is 0. The van der Waals surface area contributed by atoms with Gasteiger partial charge in [-0.15, -0.1) is 0 Å². The predicted molar refractivity (Wildman–Crippen MR) is 21.0 cm³/mol. The van der Waals surface area contributed by atoms with Crippen LogP contribution in [-0.4, -0.2) is 16.5 Å². The van der Waals surface area contributed by atoms with E-state index in [-0.39, 0.29) is 7.43 Å². The van der Waals surface area contributed by atoms with Crippen LogP contribution in [0.3, 0.4) is 0 Å². The second-order valence-corrected chi connectivity index (χ2v) is 0.632. The molecule has 0 aliphatic carbocycles. The van der Waals surface area contributed by atoms with Gasteiger partial charge < -0.3 is 17.6 Å². The number of hydrogen-bond donors (Lipinski definition) is 2. The summed E-state index contributed by atoms with van der Waals surface area (Å²) in [6.07, 6.45) is -1.17. The van der Waals surface area contributed by atoms with Gasteiger partial charge in [-0.2, -0.15) is 0 Å². The van der Waals surface area contributed by atoms with Crippen molar-refractivity contribution in [1.82, 2.24) is 0 Å². The van der Waals surface area contributed by atoms with Gasteiger partial charge in [0.2, 0.25) is 0 Å². The van der Waals surface area contributed by atoms with E-state index < -0.39 is 6.29 Å². The van der Waals surface area contributed by atoms with Gasteiger partial charge in [-0.05, 0) is 6.92 Å². The van der Waals surface area contributed by atoms with E-state index in [4.69, 9.17) is 14.1 Å². The molecular weight excluding hydrogens is 143 g/mol. The Hall–Kier alpha value is 0.226. The number of aliphatic hydroxyl groups is 2. The molecule has 0 fully saturated rings. The van der Waals surface area contributed by atoms with Gasteiger partial charge >= 0.3 is 19.5 Å². The van der Waals surface area contributed by atoms with Gasteiger partial charge in [-0.3, -0.25) is 0 Å². The van der Waals surface area contributed by atoms with Crippen LogP contribution in [0.1, 0.15) is 6.92 Å². The molecule has 0 atom stereocenters. The number of hydrogen-bond acceptors (Lipinski definition) is 3. The molecule has 0 aliphatic rings. The third-order valence-electron chi connectivity index (χ3n) is 0. The Labute approximate surface area is 51.1 Å². The first-order chi connectivity index (χ1) is 2.73. The van der Waals surface area contributed by atoms with Crippen molar-refractivity contribution in [1.29, 1.82) is 0 Å². The van der Waals surface area contributed by atoms with Crippen LogP contribution in [0.2, 0.25) is 0 Å². The molecule has 49 valence electrons. The van der Waals surface area contributed by atoms with Crippen LogP contribution in [0, 0.1) is 7.43 Å². The summed E-state index contributed by atoms with van der Waals surface area (Å²) in [7, 11) is 0. The average molecular weight is 152 g/mol. The first-order valence-corrected chi connectivity index (χ1v) is 1.65. The molecule has 0 unspecified atom stereocenters. The Morgan fingerprint density at radius 3 is 1.43 bits per heavy atom. The summed E-state index contributed by atoms with van der Waals surface area (Å²) >= 11 is 2.31. The second kappa shape index (κ2) is 16.3. The average Bonchev–Trinajstić information content (AvgIpc) is 1.41. The van der Waals surface area contributed by atoms with Crippen molar-refractivity contribution in [3.8, 4) is 0 Å². The second-order valence-electron chi connectivity index (χ2n) is 0.632. The Morgan fingerprint density at radius 2 is 1.43 bits per heavy atom. The van der Waals surface area contributed by atoms with E-state index in [1.54, 1.807) is 0 Å². The molecular formula is C3H9CoO3-. The Kier molecular flexibility index (Phi) is 36.6. The zero-order valence-electron chi connectivity index (χ0n) is 4.21. The number of aliphatic hydroxyl groups excluding tert-OH is 1. The third kappa shape index (κ3) is 2170.